The quantitative estimate of drug-likeness (QED) is 0.655. The zero-order chi connectivity index (χ0) is 17.8. The van der Waals surface area contributed by atoms with E-state index in [9.17, 15) is 9.59 Å². The normalized spacial score (nSPS) is 15.6. The summed E-state index contributed by atoms with van der Waals surface area (Å²) in [5.41, 5.74) is 1.56. The van der Waals surface area contributed by atoms with Crippen molar-refractivity contribution in [2.45, 2.75) is 45.1 Å². The number of carboxylic acid groups (broad SMARTS) is 1. The molecule has 0 radical (unpaired) electrons. The van der Waals surface area contributed by atoms with Gasteiger partial charge in [0.25, 0.3) is 5.91 Å². The van der Waals surface area contributed by atoms with Gasteiger partial charge in [-0.05, 0) is 19.8 Å². The first-order valence-electron chi connectivity index (χ1n) is 8.75. The fraction of sp³-hybridized carbons (Fsp3) is 0.588. The number of rotatable bonds is 7. The van der Waals surface area contributed by atoms with Crippen LogP contribution in [0.15, 0.2) is 5.38 Å². The number of thiophene rings is 1. The topological polar surface area (TPSA) is 96.3 Å². The van der Waals surface area contributed by atoms with Crippen molar-refractivity contribution in [3.05, 3.63) is 16.6 Å². The molecule has 1 aliphatic carbocycles. The number of hydrogen-bond donors (Lipinski definition) is 3. The molecule has 1 saturated carbocycles. The van der Waals surface area contributed by atoms with E-state index < -0.39 is 5.97 Å². The van der Waals surface area contributed by atoms with E-state index in [-0.39, 0.29) is 12.5 Å². The number of carboxylic acids is 1. The van der Waals surface area contributed by atoms with Crippen molar-refractivity contribution in [2.75, 3.05) is 19.6 Å². The van der Waals surface area contributed by atoms with Crippen molar-refractivity contribution in [3.8, 4) is 0 Å². The van der Waals surface area contributed by atoms with E-state index in [1.54, 1.807) is 11.3 Å². The minimum Gasteiger partial charge on any atom is -0.480 e. The summed E-state index contributed by atoms with van der Waals surface area (Å²) in [5, 5.41) is 21.7. The average Bonchev–Trinajstić information content (AvgIpc) is 3.16. The predicted octanol–water partition coefficient (Wildman–Crippen LogP) is 2.32. The van der Waals surface area contributed by atoms with E-state index in [1.165, 1.54) is 19.3 Å². The number of aliphatic carboxylic acids is 1. The van der Waals surface area contributed by atoms with Gasteiger partial charge in [-0.1, -0.05) is 19.3 Å². The summed E-state index contributed by atoms with van der Waals surface area (Å²) in [6.45, 7) is 2.66. The van der Waals surface area contributed by atoms with Crippen LogP contribution in [0.1, 0.15) is 54.2 Å². The summed E-state index contributed by atoms with van der Waals surface area (Å²) in [4.78, 5) is 24.0. The Morgan fingerprint density at radius 2 is 2.08 bits per heavy atom. The van der Waals surface area contributed by atoms with Gasteiger partial charge in [0.2, 0.25) is 0 Å². The van der Waals surface area contributed by atoms with Crippen molar-refractivity contribution < 1.29 is 14.7 Å². The van der Waals surface area contributed by atoms with Gasteiger partial charge in [0.15, 0.2) is 0 Å². The van der Waals surface area contributed by atoms with Gasteiger partial charge in [0.1, 0.15) is 4.83 Å². The van der Waals surface area contributed by atoms with Crippen LogP contribution in [-0.4, -0.2) is 46.4 Å². The van der Waals surface area contributed by atoms with Gasteiger partial charge in [-0.2, -0.15) is 5.10 Å². The van der Waals surface area contributed by atoms with Crippen molar-refractivity contribution in [1.29, 1.82) is 0 Å². The maximum Gasteiger partial charge on any atom is 0.317 e. The molecule has 0 aliphatic heterocycles. The van der Waals surface area contributed by atoms with E-state index in [2.05, 4.69) is 15.3 Å². The SMILES string of the molecule is Cc1nn(C2CCCCC2)c2scc(C(=O)NCCNCC(=O)O)c12. The molecule has 0 aromatic carbocycles. The molecule has 3 N–H and O–H groups in total. The largest absolute Gasteiger partial charge is 0.480 e. The van der Waals surface area contributed by atoms with Crippen LogP contribution in [-0.2, 0) is 4.79 Å². The monoisotopic (exact) mass is 364 g/mol. The van der Waals surface area contributed by atoms with Gasteiger partial charge in [0.05, 0.1) is 23.8 Å². The molecule has 2 aromatic heterocycles. The molecule has 136 valence electrons. The Bertz CT molecular complexity index is 761. The zero-order valence-electron chi connectivity index (χ0n) is 14.4. The highest BCUT2D eigenvalue weighted by Crippen LogP contribution is 2.35. The van der Waals surface area contributed by atoms with Crippen LogP contribution in [0.3, 0.4) is 0 Å². The smallest absolute Gasteiger partial charge is 0.317 e. The van der Waals surface area contributed by atoms with Crippen LogP contribution in [0.5, 0.6) is 0 Å². The predicted molar refractivity (Wildman–Crippen MR) is 97.3 cm³/mol. The Kier molecular flexibility index (Phi) is 5.70. The number of amides is 1. The third-order valence-electron chi connectivity index (χ3n) is 4.63. The van der Waals surface area contributed by atoms with E-state index >= 15 is 0 Å². The molecule has 0 saturated heterocycles. The van der Waals surface area contributed by atoms with Gasteiger partial charge in [-0.3, -0.25) is 14.3 Å². The first-order chi connectivity index (χ1) is 12.1. The molecule has 1 fully saturated rings. The Hall–Kier alpha value is -1.93. The molecular weight excluding hydrogens is 340 g/mol. The van der Waals surface area contributed by atoms with E-state index in [4.69, 9.17) is 10.2 Å². The summed E-state index contributed by atoms with van der Waals surface area (Å²) in [7, 11) is 0. The molecule has 0 spiro atoms. The Labute approximate surface area is 150 Å². The first-order valence-corrected chi connectivity index (χ1v) is 9.63. The van der Waals surface area contributed by atoms with Crippen LogP contribution in [0.25, 0.3) is 10.2 Å². The third kappa shape index (κ3) is 4.01. The van der Waals surface area contributed by atoms with Crippen molar-refractivity contribution in [2.24, 2.45) is 0 Å². The third-order valence-corrected chi connectivity index (χ3v) is 5.60. The van der Waals surface area contributed by atoms with Gasteiger partial charge in [-0.25, -0.2) is 0 Å². The highest BCUT2D eigenvalue weighted by atomic mass is 32.1. The number of fused-ring (bicyclic) bond motifs is 1. The zero-order valence-corrected chi connectivity index (χ0v) is 15.2. The van der Waals surface area contributed by atoms with Crippen molar-refractivity contribution in [1.82, 2.24) is 20.4 Å². The molecule has 0 bridgehead atoms. The lowest BCUT2D eigenvalue weighted by Crippen LogP contribution is -2.33. The maximum atomic E-state index is 12.5. The number of carbonyl (C=O) groups is 2. The van der Waals surface area contributed by atoms with Crippen LogP contribution >= 0.6 is 11.3 Å². The standard InChI is InChI=1S/C17H24N4O3S/c1-11-15-13(16(24)19-8-7-18-9-14(22)23)10-25-17(15)21(20-11)12-5-3-2-4-6-12/h10,12,18H,2-9H2,1H3,(H,19,24)(H,22,23). The molecule has 0 atom stereocenters. The second-order valence-electron chi connectivity index (χ2n) is 6.48. The lowest BCUT2D eigenvalue weighted by atomic mass is 9.96. The number of aryl methyl sites for hydroxylation is 1. The molecule has 2 aromatic rings. The summed E-state index contributed by atoms with van der Waals surface area (Å²) < 4.78 is 2.12. The number of nitrogens with one attached hydrogen (secondary N) is 2. The maximum absolute atomic E-state index is 12.5. The first kappa shape index (κ1) is 17.9. The van der Waals surface area contributed by atoms with Crippen LogP contribution in [0, 0.1) is 6.92 Å². The summed E-state index contributed by atoms with van der Waals surface area (Å²) in [6, 6.07) is 0.444. The Morgan fingerprint density at radius 1 is 1.32 bits per heavy atom. The van der Waals surface area contributed by atoms with Crippen molar-refractivity contribution in [3.63, 3.8) is 0 Å². The van der Waals surface area contributed by atoms with Crippen molar-refractivity contribution >= 4 is 33.4 Å². The van der Waals surface area contributed by atoms with Crippen LogP contribution in [0.2, 0.25) is 0 Å². The van der Waals surface area contributed by atoms with E-state index in [0.29, 0.717) is 24.7 Å². The van der Waals surface area contributed by atoms with Gasteiger partial charge < -0.3 is 15.7 Å². The number of carbonyl (C=O) groups excluding carboxylic acids is 1. The average molecular weight is 364 g/mol. The minimum atomic E-state index is -0.906. The summed E-state index contributed by atoms with van der Waals surface area (Å²) in [6.07, 6.45) is 6.10. The van der Waals surface area contributed by atoms with Gasteiger partial charge in [-0.15, -0.1) is 11.3 Å². The van der Waals surface area contributed by atoms with E-state index in [1.807, 2.05) is 12.3 Å². The van der Waals surface area contributed by atoms with Crippen LogP contribution < -0.4 is 10.6 Å². The molecule has 1 amide bonds. The number of nitrogens with zero attached hydrogens (tertiary/aromatic N) is 2. The minimum absolute atomic E-state index is 0.105. The van der Waals surface area contributed by atoms with Gasteiger partial charge >= 0.3 is 5.97 Å². The van der Waals surface area contributed by atoms with Crippen LogP contribution in [0.4, 0.5) is 0 Å². The second-order valence-corrected chi connectivity index (χ2v) is 7.34. The number of aromatic nitrogens is 2. The molecule has 0 unspecified atom stereocenters. The molecule has 2 heterocycles. The van der Waals surface area contributed by atoms with Gasteiger partial charge in [0, 0.05) is 23.9 Å². The lowest BCUT2D eigenvalue weighted by Gasteiger charge is -2.22. The molecule has 8 heteroatoms. The second kappa shape index (κ2) is 7.97. The Morgan fingerprint density at radius 3 is 2.80 bits per heavy atom. The molecule has 1 aliphatic rings. The Balaban J connectivity index is 1.69. The molecule has 25 heavy (non-hydrogen) atoms. The highest BCUT2D eigenvalue weighted by Gasteiger charge is 2.23. The summed E-state index contributed by atoms with van der Waals surface area (Å²) >= 11 is 1.58. The fourth-order valence-electron chi connectivity index (χ4n) is 3.42. The molecule has 3 rings (SSSR count). The fourth-order valence-corrected chi connectivity index (χ4v) is 4.55. The number of hydrogen-bond acceptors (Lipinski definition) is 5. The van der Waals surface area contributed by atoms with E-state index in [0.717, 1.165) is 28.8 Å². The molecular formula is C17H24N4O3S. The lowest BCUT2D eigenvalue weighted by molar-refractivity contribution is -0.135. The summed E-state index contributed by atoms with van der Waals surface area (Å²) in [5.74, 6) is -1.04. The molecule has 7 nitrogen and oxygen atoms in total. The highest BCUT2D eigenvalue weighted by molar-refractivity contribution is 7.17.